The number of ketones is 1. The molecule has 0 atom stereocenters. The highest BCUT2D eigenvalue weighted by Crippen LogP contribution is 2.32. The molecule has 0 aliphatic carbocycles. The molecule has 2 heterocycles. The van der Waals surface area contributed by atoms with Crippen LogP contribution in [0.15, 0.2) is 18.2 Å². The number of aromatic nitrogens is 2. The Bertz CT molecular complexity index is 1030. The van der Waals surface area contributed by atoms with E-state index in [9.17, 15) is 27.2 Å². The first-order chi connectivity index (χ1) is 15.5. The number of anilines is 1. The molecular formula is C21H25F4N5O3. The molecule has 3 rings (SSSR count). The van der Waals surface area contributed by atoms with Crippen LogP contribution in [-0.2, 0) is 17.5 Å². The second-order valence-electron chi connectivity index (χ2n) is 7.88. The van der Waals surface area contributed by atoms with Crippen LogP contribution in [0.2, 0.25) is 0 Å². The van der Waals surface area contributed by atoms with Crippen molar-refractivity contribution in [2.45, 2.75) is 19.6 Å². The third-order valence-corrected chi connectivity index (χ3v) is 5.53. The summed E-state index contributed by atoms with van der Waals surface area (Å²) in [6, 6.07) is 2.34. The molecule has 0 bridgehead atoms. The summed E-state index contributed by atoms with van der Waals surface area (Å²) in [6.07, 6.45) is -4.96. The number of halogens is 4. The number of ether oxygens (including phenoxy) is 1. The van der Waals surface area contributed by atoms with Crippen LogP contribution in [0.25, 0.3) is 0 Å². The van der Waals surface area contributed by atoms with Crippen molar-refractivity contribution >= 4 is 17.6 Å². The van der Waals surface area contributed by atoms with Crippen molar-refractivity contribution in [1.29, 1.82) is 0 Å². The maximum atomic E-state index is 14.1. The maximum absolute atomic E-state index is 14.1. The number of hydrogen-bond donors (Lipinski definition) is 1. The number of rotatable bonds is 7. The number of esters is 1. The summed E-state index contributed by atoms with van der Waals surface area (Å²) >= 11 is 0. The molecule has 180 valence electrons. The normalized spacial score (nSPS) is 15.6. The van der Waals surface area contributed by atoms with E-state index in [0.29, 0.717) is 19.2 Å². The Morgan fingerprint density at radius 2 is 1.82 bits per heavy atom. The predicted octanol–water partition coefficient (Wildman–Crippen LogP) is 2.22. The zero-order chi connectivity index (χ0) is 24.3. The van der Waals surface area contributed by atoms with E-state index >= 15 is 0 Å². The van der Waals surface area contributed by atoms with Crippen molar-refractivity contribution in [3.63, 3.8) is 0 Å². The smallest absolute Gasteiger partial charge is 0.419 e. The monoisotopic (exact) mass is 471 g/mol. The van der Waals surface area contributed by atoms with Gasteiger partial charge in [-0.3, -0.25) is 9.69 Å². The van der Waals surface area contributed by atoms with Crippen LogP contribution in [0, 0.1) is 12.7 Å². The van der Waals surface area contributed by atoms with Crippen LogP contribution in [0.5, 0.6) is 0 Å². The lowest BCUT2D eigenvalue weighted by atomic mass is 10.1. The van der Waals surface area contributed by atoms with Gasteiger partial charge in [0.15, 0.2) is 6.61 Å². The highest BCUT2D eigenvalue weighted by Gasteiger charge is 2.35. The Morgan fingerprint density at radius 3 is 2.45 bits per heavy atom. The van der Waals surface area contributed by atoms with Gasteiger partial charge in [-0.1, -0.05) is 6.07 Å². The first-order valence-electron chi connectivity index (χ1n) is 10.3. The second kappa shape index (κ2) is 9.87. The number of hydrogen-bond acceptors (Lipinski definition) is 7. The molecule has 0 amide bonds. The van der Waals surface area contributed by atoms with Crippen LogP contribution in [0.4, 0.5) is 23.4 Å². The fourth-order valence-corrected chi connectivity index (χ4v) is 3.58. The number of aryl methyl sites for hydroxylation is 1. The van der Waals surface area contributed by atoms with Crippen LogP contribution in [-0.4, -0.2) is 77.7 Å². The third kappa shape index (κ3) is 5.69. The highest BCUT2D eigenvalue weighted by atomic mass is 19.4. The molecular weight excluding hydrogens is 446 g/mol. The first-order valence-corrected chi connectivity index (χ1v) is 10.3. The van der Waals surface area contributed by atoms with Crippen LogP contribution < -0.4 is 5.73 Å². The van der Waals surface area contributed by atoms with Gasteiger partial charge in [0.1, 0.15) is 17.2 Å². The minimum absolute atomic E-state index is 0.0364. The highest BCUT2D eigenvalue weighted by molar-refractivity contribution is 6.01. The summed E-state index contributed by atoms with van der Waals surface area (Å²) in [6.45, 7) is 5.44. The molecule has 0 spiro atoms. The van der Waals surface area contributed by atoms with E-state index in [4.69, 9.17) is 10.5 Å². The van der Waals surface area contributed by atoms with Gasteiger partial charge < -0.3 is 15.4 Å². The Kier molecular flexibility index (Phi) is 7.38. The second-order valence-corrected chi connectivity index (χ2v) is 7.88. The minimum atomic E-state index is -4.96. The Labute approximate surface area is 187 Å². The van der Waals surface area contributed by atoms with Crippen molar-refractivity contribution in [2.75, 3.05) is 52.1 Å². The van der Waals surface area contributed by atoms with E-state index in [1.54, 1.807) is 6.92 Å². The lowest BCUT2D eigenvalue weighted by Gasteiger charge is -2.32. The van der Waals surface area contributed by atoms with Gasteiger partial charge in [0.25, 0.3) is 0 Å². The lowest BCUT2D eigenvalue weighted by molar-refractivity contribution is -0.140. The summed E-state index contributed by atoms with van der Waals surface area (Å²) in [5, 5.41) is 4.25. The number of alkyl halides is 3. The zero-order valence-electron chi connectivity index (χ0n) is 18.3. The molecule has 1 aromatic heterocycles. The molecule has 0 unspecified atom stereocenters. The number of nitrogens with zero attached hydrogens (tertiary/aromatic N) is 4. The molecule has 1 fully saturated rings. The van der Waals surface area contributed by atoms with E-state index in [0.717, 1.165) is 38.3 Å². The van der Waals surface area contributed by atoms with E-state index in [-0.39, 0.29) is 17.1 Å². The SMILES string of the molecule is Cc1nn(CCN2CCN(C)CC2)c(N)c1C(=O)OCC(=O)c1cccc(C(F)(F)F)c1F. The average Bonchev–Trinajstić information content (AvgIpc) is 3.03. The number of piperazine rings is 1. The number of likely N-dealkylation sites (N-methyl/N-ethyl adjacent to an activating group) is 1. The van der Waals surface area contributed by atoms with E-state index in [2.05, 4.69) is 21.9 Å². The van der Waals surface area contributed by atoms with E-state index in [1.165, 1.54) is 4.68 Å². The Hall–Kier alpha value is -2.99. The topological polar surface area (TPSA) is 93.7 Å². The molecule has 0 radical (unpaired) electrons. The standard InChI is InChI=1S/C21H25F4N5O3/c1-13-17(19(26)30(27-13)11-10-29-8-6-28(2)7-9-29)20(32)33-12-16(31)14-4-3-5-15(18(14)22)21(23,24)25/h3-5H,6-12,26H2,1-2H3. The van der Waals surface area contributed by atoms with E-state index in [1.807, 2.05) is 0 Å². The molecule has 1 aliphatic heterocycles. The molecule has 2 N–H and O–H groups in total. The zero-order valence-corrected chi connectivity index (χ0v) is 18.3. The fourth-order valence-electron chi connectivity index (χ4n) is 3.58. The van der Waals surface area contributed by atoms with Gasteiger partial charge >= 0.3 is 12.1 Å². The number of carbonyl (C=O) groups is 2. The van der Waals surface area contributed by atoms with Gasteiger partial charge in [0.2, 0.25) is 5.78 Å². The fraction of sp³-hybridized carbons (Fsp3) is 0.476. The van der Waals surface area contributed by atoms with Gasteiger partial charge in [-0.2, -0.15) is 18.3 Å². The molecule has 1 saturated heterocycles. The molecule has 8 nitrogen and oxygen atoms in total. The first kappa shape index (κ1) is 24.6. The van der Waals surface area contributed by atoms with Crippen molar-refractivity contribution in [3.8, 4) is 0 Å². The summed E-state index contributed by atoms with van der Waals surface area (Å²) < 4.78 is 59.1. The largest absolute Gasteiger partial charge is 0.454 e. The molecule has 1 aliphatic rings. The molecule has 2 aromatic rings. The summed E-state index contributed by atoms with van der Waals surface area (Å²) in [7, 11) is 2.05. The Morgan fingerprint density at radius 1 is 1.15 bits per heavy atom. The molecule has 33 heavy (non-hydrogen) atoms. The molecule has 12 heteroatoms. The molecule has 1 aromatic carbocycles. The van der Waals surface area contributed by atoms with E-state index < -0.39 is 41.5 Å². The van der Waals surface area contributed by atoms with Gasteiger partial charge in [-0.25, -0.2) is 13.9 Å². The number of Topliss-reactive ketones (excluding diaryl/α,β-unsaturated/α-hetero) is 1. The summed E-state index contributed by atoms with van der Waals surface area (Å²) in [4.78, 5) is 29.2. The van der Waals surface area contributed by atoms with Gasteiger partial charge in [-0.15, -0.1) is 0 Å². The minimum Gasteiger partial charge on any atom is -0.454 e. The van der Waals surface area contributed by atoms with Gasteiger partial charge in [0, 0.05) is 32.7 Å². The lowest BCUT2D eigenvalue weighted by Crippen LogP contribution is -2.45. The quantitative estimate of drug-likeness (QED) is 0.376. The van der Waals surface area contributed by atoms with Gasteiger partial charge in [0.05, 0.1) is 23.4 Å². The third-order valence-electron chi connectivity index (χ3n) is 5.53. The van der Waals surface area contributed by atoms with Crippen LogP contribution in [0.3, 0.4) is 0 Å². The van der Waals surface area contributed by atoms with Crippen molar-refractivity contribution in [3.05, 3.63) is 46.4 Å². The molecule has 0 saturated carbocycles. The van der Waals surface area contributed by atoms with Crippen molar-refractivity contribution in [1.82, 2.24) is 19.6 Å². The average molecular weight is 471 g/mol. The maximum Gasteiger partial charge on any atom is 0.419 e. The number of carbonyl (C=O) groups excluding carboxylic acids is 2. The van der Waals surface area contributed by atoms with Crippen LogP contribution >= 0.6 is 0 Å². The van der Waals surface area contributed by atoms with Gasteiger partial charge in [-0.05, 0) is 26.1 Å². The Balaban J connectivity index is 1.63. The predicted molar refractivity (Wildman–Crippen MR) is 111 cm³/mol. The number of benzene rings is 1. The van der Waals surface area contributed by atoms with Crippen molar-refractivity contribution < 1.29 is 31.9 Å². The number of nitrogens with two attached hydrogens (primary N) is 1. The summed E-state index contributed by atoms with van der Waals surface area (Å²) in [5.41, 5.74) is 3.92. The summed E-state index contributed by atoms with van der Waals surface area (Å²) in [5.74, 6) is -3.72. The number of nitrogen functional groups attached to an aromatic ring is 1. The van der Waals surface area contributed by atoms with Crippen molar-refractivity contribution in [2.24, 2.45) is 0 Å². The van der Waals surface area contributed by atoms with Crippen LogP contribution in [0.1, 0.15) is 32.0 Å².